The third-order valence-electron chi connectivity index (χ3n) is 3.92. The largest absolute Gasteiger partial charge is 0.347 e. The summed E-state index contributed by atoms with van der Waals surface area (Å²) in [5.74, 6) is 0.110. The number of rotatable bonds is 3. The van der Waals surface area contributed by atoms with Crippen LogP contribution in [0.3, 0.4) is 0 Å². The van der Waals surface area contributed by atoms with Crippen LogP contribution >= 0.6 is 23.2 Å². The van der Waals surface area contributed by atoms with Crippen LogP contribution in [0.2, 0.25) is 10.0 Å². The number of nitrogens with zero attached hydrogens (tertiary/aromatic N) is 2. The molecular formula is C15H21Cl2N3O. The zero-order valence-corrected chi connectivity index (χ0v) is 14.1. The van der Waals surface area contributed by atoms with Gasteiger partial charge in [0.15, 0.2) is 0 Å². The number of carbonyl (C=O) groups excluding carboxylic acids is 1. The van der Waals surface area contributed by atoms with Crippen molar-refractivity contribution < 1.29 is 4.79 Å². The van der Waals surface area contributed by atoms with E-state index in [0.29, 0.717) is 16.6 Å². The van der Waals surface area contributed by atoms with E-state index in [1.165, 1.54) is 0 Å². The third-order valence-corrected chi connectivity index (χ3v) is 4.48. The molecule has 1 fully saturated rings. The minimum atomic E-state index is -0.171. The topological polar surface area (TPSA) is 35.6 Å². The molecule has 1 heterocycles. The van der Waals surface area contributed by atoms with Crippen molar-refractivity contribution in [3.05, 3.63) is 33.8 Å². The predicted molar refractivity (Wildman–Crippen MR) is 86.9 cm³/mol. The molecule has 0 radical (unpaired) electrons. The van der Waals surface area contributed by atoms with Crippen LogP contribution in [-0.2, 0) is 4.79 Å². The van der Waals surface area contributed by atoms with Crippen molar-refractivity contribution in [2.45, 2.75) is 19.0 Å². The molecule has 1 aromatic carbocycles. The maximum absolute atomic E-state index is 12.4. The first-order valence-electron chi connectivity index (χ1n) is 7.04. The molecule has 1 saturated heterocycles. The first kappa shape index (κ1) is 16.6. The monoisotopic (exact) mass is 329 g/mol. The van der Waals surface area contributed by atoms with Gasteiger partial charge < -0.3 is 10.2 Å². The van der Waals surface area contributed by atoms with Gasteiger partial charge in [0, 0.05) is 49.8 Å². The molecule has 116 valence electrons. The van der Waals surface area contributed by atoms with E-state index in [1.54, 1.807) is 25.1 Å². The number of piperazine rings is 1. The van der Waals surface area contributed by atoms with Crippen molar-refractivity contribution in [3.8, 4) is 0 Å². The molecule has 1 aliphatic heterocycles. The van der Waals surface area contributed by atoms with Gasteiger partial charge in [-0.1, -0.05) is 29.3 Å². The van der Waals surface area contributed by atoms with Crippen LogP contribution in [0.25, 0.3) is 0 Å². The Labute approximate surface area is 136 Å². The molecule has 1 aromatic rings. The Morgan fingerprint density at radius 3 is 2.76 bits per heavy atom. The minimum absolute atomic E-state index is 0.0609. The smallest absolute Gasteiger partial charge is 0.240 e. The van der Waals surface area contributed by atoms with Gasteiger partial charge in [-0.25, -0.2) is 0 Å². The standard InChI is InChI=1S/C15H21Cl2N3O/c1-10(12-5-4-11(16)8-13(12)17)20-7-6-18-9-14(20)15(21)19(2)3/h4-5,8,10,14,18H,6-7,9H2,1-3H3. The second kappa shape index (κ2) is 6.97. The molecule has 21 heavy (non-hydrogen) atoms. The second-order valence-corrected chi connectivity index (χ2v) is 6.38. The average molecular weight is 330 g/mol. The SMILES string of the molecule is CC(c1ccc(Cl)cc1Cl)N1CCNCC1C(=O)N(C)C. The maximum atomic E-state index is 12.4. The summed E-state index contributed by atoms with van der Waals surface area (Å²) in [6, 6.07) is 5.42. The van der Waals surface area contributed by atoms with Crippen LogP contribution in [0, 0.1) is 0 Å². The molecule has 0 spiro atoms. The van der Waals surface area contributed by atoms with E-state index < -0.39 is 0 Å². The number of amides is 1. The van der Waals surface area contributed by atoms with Gasteiger partial charge in [0.2, 0.25) is 5.91 Å². The average Bonchev–Trinajstić information content (AvgIpc) is 2.45. The number of nitrogens with one attached hydrogen (secondary N) is 1. The summed E-state index contributed by atoms with van der Waals surface area (Å²) in [4.78, 5) is 16.2. The van der Waals surface area contributed by atoms with Crippen molar-refractivity contribution in [1.29, 1.82) is 0 Å². The fourth-order valence-corrected chi connectivity index (χ4v) is 3.30. The summed E-state index contributed by atoms with van der Waals surface area (Å²) in [5, 5.41) is 4.55. The normalized spacial score (nSPS) is 21.1. The molecular weight excluding hydrogens is 309 g/mol. The van der Waals surface area contributed by atoms with Gasteiger partial charge in [-0.2, -0.15) is 0 Å². The van der Waals surface area contributed by atoms with E-state index in [1.807, 2.05) is 12.1 Å². The lowest BCUT2D eigenvalue weighted by Crippen LogP contribution is -2.58. The maximum Gasteiger partial charge on any atom is 0.240 e. The van der Waals surface area contributed by atoms with Crippen molar-refractivity contribution >= 4 is 29.1 Å². The summed E-state index contributed by atoms with van der Waals surface area (Å²) in [6.45, 7) is 4.42. The van der Waals surface area contributed by atoms with Gasteiger partial charge in [-0.3, -0.25) is 9.69 Å². The Balaban J connectivity index is 2.26. The Kier molecular flexibility index (Phi) is 5.49. The fourth-order valence-electron chi connectivity index (χ4n) is 2.73. The zero-order chi connectivity index (χ0) is 15.6. The molecule has 2 atom stereocenters. The van der Waals surface area contributed by atoms with Crippen molar-refractivity contribution in [3.63, 3.8) is 0 Å². The lowest BCUT2D eigenvalue weighted by Gasteiger charge is -2.40. The Hall–Kier alpha value is -0.810. The molecule has 0 bridgehead atoms. The lowest BCUT2D eigenvalue weighted by molar-refractivity contribution is -0.136. The van der Waals surface area contributed by atoms with E-state index in [9.17, 15) is 4.79 Å². The number of carbonyl (C=O) groups is 1. The van der Waals surface area contributed by atoms with Crippen molar-refractivity contribution in [2.24, 2.45) is 0 Å². The summed E-state index contributed by atoms with van der Waals surface area (Å²) in [7, 11) is 3.57. The lowest BCUT2D eigenvalue weighted by atomic mass is 10.0. The van der Waals surface area contributed by atoms with Crippen LogP contribution < -0.4 is 5.32 Å². The highest BCUT2D eigenvalue weighted by Crippen LogP contribution is 2.31. The highest BCUT2D eigenvalue weighted by atomic mass is 35.5. The number of likely N-dealkylation sites (N-methyl/N-ethyl adjacent to an activating group) is 1. The molecule has 1 aliphatic rings. The van der Waals surface area contributed by atoms with Crippen LogP contribution in [0.15, 0.2) is 18.2 Å². The minimum Gasteiger partial charge on any atom is -0.347 e. The summed E-state index contributed by atoms with van der Waals surface area (Å²) in [6.07, 6.45) is 0. The number of hydrogen-bond donors (Lipinski definition) is 1. The van der Waals surface area contributed by atoms with Crippen LogP contribution in [0.4, 0.5) is 0 Å². The van der Waals surface area contributed by atoms with Gasteiger partial charge >= 0.3 is 0 Å². The first-order valence-corrected chi connectivity index (χ1v) is 7.80. The van der Waals surface area contributed by atoms with Crippen LogP contribution in [0.5, 0.6) is 0 Å². The Bertz CT molecular complexity index is 522. The van der Waals surface area contributed by atoms with Gasteiger partial charge in [-0.05, 0) is 24.6 Å². The van der Waals surface area contributed by atoms with E-state index in [-0.39, 0.29) is 18.0 Å². The van der Waals surface area contributed by atoms with Gasteiger partial charge in [-0.15, -0.1) is 0 Å². The van der Waals surface area contributed by atoms with Crippen LogP contribution in [-0.4, -0.2) is 55.5 Å². The van der Waals surface area contributed by atoms with E-state index >= 15 is 0 Å². The van der Waals surface area contributed by atoms with Crippen molar-refractivity contribution in [1.82, 2.24) is 15.1 Å². The molecule has 1 N–H and O–H groups in total. The van der Waals surface area contributed by atoms with Gasteiger partial charge in [0.25, 0.3) is 0 Å². The zero-order valence-electron chi connectivity index (χ0n) is 12.6. The molecule has 2 rings (SSSR count). The number of hydrogen-bond acceptors (Lipinski definition) is 3. The highest BCUT2D eigenvalue weighted by Gasteiger charge is 2.33. The Morgan fingerprint density at radius 1 is 1.43 bits per heavy atom. The van der Waals surface area contributed by atoms with E-state index in [0.717, 1.165) is 18.7 Å². The summed E-state index contributed by atoms with van der Waals surface area (Å²) in [5.41, 5.74) is 1.000. The molecule has 0 aliphatic carbocycles. The summed E-state index contributed by atoms with van der Waals surface area (Å²) >= 11 is 12.3. The second-order valence-electron chi connectivity index (χ2n) is 5.53. The third kappa shape index (κ3) is 3.69. The van der Waals surface area contributed by atoms with Gasteiger partial charge in [0.05, 0.1) is 0 Å². The van der Waals surface area contributed by atoms with E-state index in [2.05, 4.69) is 17.1 Å². The molecule has 0 saturated carbocycles. The molecule has 2 unspecified atom stereocenters. The predicted octanol–water partition coefficient (Wildman–Crippen LogP) is 2.42. The Morgan fingerprint density at radius 2 is 2.14 bits per heavy atom. The number of halogens is 2. The molecule has 1 amide bonds. The van der Waals surface area contributed by atoms with Gasteiger partial charge in [0.1, 0.15) is 6.04 Å². The molecule has 6 heteroatoms. The van der Waals surface area contributed by atoms with Crippen molar-refractivity contribution in [2.75, 3.05) is 33.7 Å². The molecule has 4 nitrogen and oxygen atoms in total. The summed E-state index contributed by atoms with van der Waals surface area (Å²) < 4.78 is 0. The van der Waals surface area contributed by atoms with E-state index in [4.69, 9.17) is 23.2 Å². The fraction of sp³-hybridized carbons (Fsp3) is 0.533. The van der Waals surface area contributed by atoms with Crippen LogP contribution in [0.1, 0.15) is 18.5 Å². The quantitative estimate of drug-likeness (QED) is 0.925. The first-order chi connectivity index (χ1) is 9.91. The number of benzene rings is 1. The molecule has 0 aromatic heterocycles. The highest BCUT2D eigenvalue weighted by molar-refractivity contribution is 6.35.